The highest BCUT2D eigenvalue weighted by Gasteiger charge is 2.66. The predicted molar refractivity (Wildman–Crippen MR) is 106 cm³/mol. The van der Waals surface area contributed by atoms with Crippen molar-refractivity contribution in [3.8, 4) is 23.1 Å². The van der Waals surface area contributed by atoms with Crippen molar-refractivity contribution >= 4 is 17.3 Å². The monoisotopic (exact) mass is 386 g/mol. The Hall–Kier alpha value is -3.63. The maximum absolute atomic E-state index is 12.3. The Kier molecular flexibility index (Phi) is 3.57. The molecule has 3 atom stereocenters. The van der Waals surface area contributed by atoms with E-state index in [9.17, 15) is 14.7 Å². The zero-order chi connectivity index (χ0) is 20.3. The van der Waals surface area contributed by atoms with Crippen molar-refractivity contribution in [3.63, 3.8) is 0 Å². The number of aliphatic hydroxyl groups is 1. The molecule has 5 rings (SSSR count). The first-order valence-electron chi connectivity index (χ1n) is 9.30. The van der Waals surface area contributed by atoms with Crippen LogP contribution in [-0.2, 0) is 4.79 Å². The zero-order valence-electron chi connectivity index (χ0n) is 15.7. The Morgan fingerprint density at radius 1 is 1.31 bits per heavy atom. The molecule has 1 saturated carbocycles. The van der Waals surface area contributed by atoms with Gasteiger partial charge in [0, 0.05) is 36.3 Å². The van der Waals surface area contributed by atoms with Crippen molar-refractivity contribution in [2.24, 2.45) is 11.7 Å². The van der Waals surface area contributed by atoms with Gasteiger partial charge in [0.1, 0.15) is 0 Å². The van der Waals surface area contributed by atoms with E-state index in [-0.39, 0.29) is 23.7 Å². The number of hydrogen-bond donors (Lipinski definition) is 2. The summed E-state index contributed by atoms with van der Waals surface area (Å²) in [6.45, 7) is 0. The highest BCUT2D eigenvalue weighted by atomic mass is 16.3. The normalized spacial score (nSPS) is 24.9. The smallest absolute Gasteiger partial charge is 0.285 e. The number of benzene rings is 1. The standard InChI is InChI=1S/C22H18N4O3/c1-25-17-12-15(17)22(29,21(25)28)9-8-13-5-4-6-14(11-13)18-16-7-2-3-10-26(16)20(24-18)19(23)27/h2-7,10-11,15,17,29H,12H2,1H3,(H2,23,27)/t15-,17+,22+/m1/s1. The molecule has 2 aliphatic rings. The summed E-state index contributed by atoms with van der Waals surface area (Å²) in [6, 6.07) is 12.9. The highest BCUT2D eigenvalue weighted by Crippen LogP contribution is 2.50. The highest BCUT2D eigenvalue weighted by molar-refractivity contribution is 5.94. The van der Waals surface area contributed by atoms with Crippen LogP contribution in [0, 0.1) is 17.8 Å². The summed E-state index contributed by atoms with van der Waals surface area (Å²) in [5.41, 5.74) is 6.62. The Morgan fingerprint density at radius 3 is 2.86 bits per heavy atom. The van der Waals surface area contributed by atoms with Crippen molar-refractivity contribution < 1.29 is 14.7 Å². The van der Waals surface area contributed by atoms with Crippen LogP contribution in [0.2, 0.25) is 0 Å². The van der Waals surface area contributed by atoms with Crippen LogP contribution in [0.15, 0.2) is 48.7 Å². The number of primary amides is 1. The molecule has 3 N–H and O–H groups in total. The number of nitrogens with zero attached hydrogens (tertiary/aromatic N) is 3. The van der Waals surface area contributed by atoms with Gasteiger partial charge in [-0.15, -0.1) is 0 Å². The van der Waals surface area contributed by atoms with E-state index in [4.69, 9.17) is 5.73 Å². The molecule has 0 spiro atoms. The third kappa shape index (κ3) is 2.53. The maximum atomic E-state index is 12.3. The van der Waals surface area contributed by atoms with Crippen molar-refractivity contribution in [2.45, 2.75) is 18.1 Å². The average Bonchev–Trinajstić information content (AvgIpc) is 3.40. The minimum Gasteiger partial charge on any atom is -0.369 e. The summed E-state index contributed by atoms with van der Waals surface area (Å²) in [7, 11) is 1.70. The van der Waals surface area contributed by atoms with Gasteiger partial charge in [0.15, 0.2) is 0 Å². The largest absolute Gasteiger partial charge is 0.369 e. The number of pyridine rings is 1. The van der Waals surface area contributed by atoms with Crippen LogP contribution in [0.5, 0.6) is 0 Å². The van der Waals surface area contributed by atoms with Crippen LogP contribution in [0.1, 0.15) is 22.6 Å². The van der Waals surface area contributed by atoms with Gasteiger partial charge in [0.2, 0.25) is 11.4 Å². The van der Waals surface area contributed by atoms with Crippen LogP contribution in [0.4, 0.5) is 0 Å². The third-order valence-corrected chi connectivity index (χ3v) is 5.74. The van der Waals surface area contributed by atoms with E-state index in [1.807, 2.05) is 30.3 Å². The molecule has 2 fully saturated rings. The number of carbonyl (C=O) groups is 2. The number of imidazole rings is 1. The first-order chi connectivity index (χ1) is 13.9. The van der Waals surface area contributed by atoms with E-state index in [2.05, 4.69) is 16.8 Å². The van der Waals surface area contributed by atoms with Crippen molar-refractivity contribution in [1.82, 2.24) is 14.3 Å². The molecule has 1 aromatic carbocycles. The minimum atomic E-state index is -1.62. The van der Waals surface area contributed by atoms with Gasteiger partial charge in [0.25, 0.3) is 11.8 Å². The second-order valence-corrected chi connectivity index (χ2v) is 7.53. The van der Waals surface area contributed by atoms with Gasteiger partial charge in [-0.25, -0.2) is 4.98 Å². The molecule has 7 nitrogen and oxygen atoms in total. The van der Waals surface area contributed by atoms with Gasteiger partial charge in [-0.3, -0.25) is 14.0 Å². The second-order valence-electron chi connectivity index (χ2n) is 7.53. The predicted octanol–water partition coefficient (Wildman–Crippen LogP) is 1.04. The summed E-state index contributed by atoms with van der Waals surface area (Å²) in [4.78, 5) is 30.1. The van der Waals surface area contributed by atoms with Crippen LogP contribution in [0.3, 0.4) is 0 Å². The average molecular weight is 386 g/mol. The number of likely N-dealkylation sites (N-methyl/N-ethyl adjacent to an activating group) is 1. The van der Waals surface area contributed by atoms with Gasteiger partial charge in [-0.05, 0) is 30.7 Å². The summed E-state index contributed by atoms with van der Waals surface area (Å²) in [5.74, 6) is 4.83. The number of hydrogen-bond acceptors (Lipinski definition) is 4. The number of piperidine rings is 1. The molecule has 0 unspecified atom stereocenters. The van der Waals surface area contributed by atoms with Crippen molar-refractivity contribution in [2.75, 3.05) is 7.05 Å². The number of amides is 2. The van der Waals surface area contributed by atoms with Gasteiger partial charge < -0.3 is 15.7 Å². The molecule has 0 radical (unpaired) electrons. The lowest BCUT2D eigenvalue weighted by molar-refractivity contribution is -0.140. The lowest BCUT2D eigenvalue weighted by Gasteiger charge is -2.18. The van der Waals surface area contributed by atoms with Crippen molar-refractivity contribution in [3.05, 3.63) is 60.0 Å². The molecule has 2 aromatic heterocycles. The Bertz CT molecular complexity index is 1250. The molecule has 7 heteroatoms. The molecule has 1 saturated heterocycles. The number of likely N-dealkylation sites (tertiary alicyclic amines) is 1. The zero-order valence-corrected chi connectivity index (χ0v) is 15.7. The number of aromatic nitrogens is 2. The lowest BCUT2D eigenvalue weighted by Crippen LogP contribution is -2.41. The number of fused-ring (bicyclic) bond motifs is 2. The molecule has 1 aliphatic carbocycles. The fourth-order valence-electron chi connectivity index (χ4n) is 4.12. The van der Waals surface area contributed by atoms with E-state index in [1.165, 1.54) is 0 Å². The van der Waals surface area contributed by atoms with Crippen LogP contribution < -0.4 is 5.73 Å². The van der Waals surface area contributed by atoms with Crippen LogP contribution >= 0.6 is 0 Å². The van der Waals surface area contributed by atoms with Crippen LogP contribution in [-0.4, -0.2) is 49.9 Å². The molecular formula is C22H18N4O3. The van der Waals surface area contributed by atoms with E-state index < -0.39 is 11.5 Å². The van der Waals surface area contributed by atoms with E-state index in [0.717, 1.165) is 17.5 Å². The van der Waals surface area contributed by atoms with Gasteiger partial charge in [-0.1, -0.05) is 30.0 Å². The van der Waals surface area contributed by atoms with Gasteiger partial charge in [-0.2, -0.15) is 0 Å². The molecular weight excluding hydrogens is 368 g/mol. The Balaban J connectivity index is 1.55. The molecule has 3 heterocycles. The lowest BCUT2D eigenvalue weighted by atomic mass is 9.98. The van der Waals surface area contributed by atoms with Gasteiger partial charge in [0.05, 0.1) is 11.2 Å². The van der Waals surface area contributed by atoms with Crippen molar-refractivity contribution in [1.29, 1.82) is 0 Å². The number of nitrogens with two attached hydrogens (primary N) is 1. The molecule has 1 aliphatic heterocycles. The van der Waals surface area contributed by atoms with Gasteiger partial charge >= 0.3 is 0 Å². The van der Waals surface area contributed by atoms with E-state index in [0.29, 0.717) is 11.3 Å². The Labute approximate surface area is 166 Å². The summed E-state index contributed by atoms with van der Waals surface area (Å²) < 4.78 is 1.65. The van der Waals surface area contributed by atoms with Crippen LogP contribution in [0.25, 0.3) is 16.8 Å². The summed E-state index contributed by atoms with van der Waals surface area (Å²) >= 11 is 0. The molecule has 29 heavy (non-hydrogen) atoms. The second kappa shape index (κ2) is 5.93. The molecule has 3 aromatic rings. The molecule has 2 amide bonds. The third-order valence-electron chi connectivity index (χ3n) is 5.74. The SMILES string of the molecule is CN1C(=O)[C@](O)(C#Cc2cccc(-c3nc(C(N)=O)n4ccccc34)c2)[C@@H]2C[C@@H]21. The topological polar surface area (TPSA) is 101 Å². The molecule has 0 bridgehead atoms. The fourth-order valence-corrected chi connectivity index (χ4v) is 4.12. The summed E-state index contributed by atoms with van der Waals surface area (Å²) in [6.07, 6.45) is 2.52. The number of carbonyl (C=O) groups excluding carboxylic acids is 2. The first-order valence-corrected chi connectivity index (χ1v) is 9.30. The number of rotatable bonds is 2. The maximum Gasteiger partial charge on any atom is 0.285 e. The first kappa shape index (κ1) is 17.5. The van der Waals surface area contributed by atoms with E-state index >= 15 is 0 Å². The molecule has 144 valence electrons. The quantitative estimate of drug-likeness (QED) is 0.643. The Morgan fingerprint density at radius 2 is 2.14 bits per heavy atom. The fraction of sp³-hybridized carbons (Fsp3) is 0.227. The minimum absolute atomic E-state index is 0.0947. The summed E-state index contributed by atoms with van der Waals surface area (Å²) in [5, 5.41) is 10.8. The van der Waals surface area contributed by atoms with E-state index in [1.54, 1.807) is 34.7 Å².